The average molecular weight is 290 g/mol. The molecule has 2 aromatic rings. The zero-order chi connectivity index (χ0) is 14.2. The average Bonchev–Trinajstić information content (AvgIpc) is 2.42. The van der Waals surface area contributed by atoms with Gasteiger partial charge in [0, 0.05) is 25.3 Å². The fourth-order valence-electron chi connectivity index (χ4n) is 2.59. The third kappa shape index (κ3) is 2.78. The first-order valence-corrected chi connectivity index (χ1v) is 8.56. The number of nitrogens with zero attached hydrogens (tertiary/aromatic N) is 1. The van der Waals surface area contributed by atoms with Crippen molar-refractivity contribution in [2.75, 3.05) is 30.3 Å². The molecule has 1 saturated heterocycles. The molecule has 0 spiro atoms. The van der Waals surface area contributed by atoms with Crippen LogP contribution in [0.5, 0.6) is 0 Å². The van der Waals surface area contributed by atoms with Crippen molar-refractivity contribution in [3.05, 3.63) is 42.0 Å². The smallest absolute Gasteiger partial charge is 0.152 e. The first-order chi connectivity index (χ1) is 9.53. The molecule has 4 nitrogen and oxygen atoms in total. The maximum absolute atomic E-state index is 11.4. The van der Waals surface area contributed by atoms with E-state index in [1.165, 1.54) is 5.39 Å². The Labute approximate surface area is 119 Å². The largest absolute Gasteiger partial charge is 0.398 e. The molecule has 1 aliphatic heterocycles. The van der Waals surface area contributed by atoms with Gasteiger partial charge < -0.3 is 5.73 Å². The van der Waals surface area contributed by atoms with Crippen molar-refractivity contribution in [1.29, 1.82) is 0 Å². The van der Waals surface area contributed by atoms with E-state index in [0.717, 1.165) is 16.6 Å². The van der Waals surface area contributed by atoms with E-state index in [9.17, 15) is 8.42 Å². The normalized spacial score (nSPS) is 19.2. The fraction of sp³-hybridized carbons (Fsp3) is 0.333. The van der Waals surface area contributed by atoms with Crippen molar-refractivity contribution in [2.24, 2.45) is 0 Å². The molecule has 2 aromatic carbocycles. The summed E-state index contributed by atoms with van der Waals surface area (Å²) in [7, 11) is -2.83. The lowest BCUT2D eigenvalue weighted by Crippen LogP contribution is -2.39. The van der Waals surface area contributed by atoms with E-state index >= 15 is 0 Å². The number of anilines is 1. The number of hydrogen-bond donors (Lipinski definition) is 1. The molecule has 0 aromatic heterocycles. The maximum atomic E-state index is 11.4. The number of nitrogens with two attached hydrogens (primary N) is 1. The van der Waals surface area contributed by atoms with Gasteiger partial charge in [-0.05, 0) is 28.5 Å². The van der Waals surface area contributed by atoms with Gasteiger partial charge in [-0.2, -0.15) is 0 Å². The first-order valence-electron chi connectivity index (χ1n) is 6.73. The summed E-state index contributed by atoms with van der Waals surface area (Å²) in [4.78, 5) is 2.15. The quantitative estimate of drug-likeness (QED) is 0.854. The van der Waals surface area contributed by atoms with E-state index in [2.05, 4.69) is 17.0 Å². The Morgan fingerprint density at radius 1 is 1.05 bits per heavy atom. The van der Waals surface area contributed by atoms with Crippen molar-refractivity contribution in [3.63, 3.8) is 0 Å². The molecule has 0 radical (unpaired) electrons. The summed E-state index contributed by atoms with van der Waals surface area (Å²) >= 11 is 0. The molecule has 0 bridgehead atoms. The Balaban J connectivity index is 1.82. The van der Waals surface area contributed by atoms with Crippen LogP contribution >= 0.6 is 0 Å². The van der Waals surface area contributed by atoms with E-state index in [1.54, 1.807) is 0 Å². The van der Waals surface area contributed by atoms with Crippen LogP contribution in [-0.4, -0.2) is 37.9 Å². The lowest BCUT2D eigenvalue weighted by Gasteiger charge is -2.27. The maximum Gasteiger partial charge on any atom is 0.152 e. The summed E-state index contributed by atoms with van der Waals surface area (Å²) in [5, 5.41) is 2.30. The topological polar surface area (TPSA) is 63.4 Å². The first kappa shape index (κ1) is 13.4. The van der Waals surface area contributed by atoms with E-state index < -0.39 is 9.84 Å². The van der Waals surface area contributed by atoms with Gasteiger partial charge in [0.1, 0.15) is 0 Å². The predicted molar refractivity (Wildman–Crippen MR) is 82.3 cm³/mol. The molecule has 106 valence electrons. The molecule has 0 amide bonds. The monoisotopic (exact) mass is 290 g/mol. The number of fused-ring (bicyclic) bond motifs is 1. The molecule has 20 heavy (non-hydrogen) atoms. The van der Waals surface area contributed by atoms with Crippen LogP contribution in [0.1, 0.15) is 5.56 Å². The highest BCUT2D eigenvalue weighted by Gasteiger charge is 2.21. The van der Waals surface area contributed by atoms with Crippen molar-refractivity contribution >= 4 is 26.3 Å². The Bertz CT molecular complexity index is 727. The highest BCUT2D eigenvalue weighted by Crippen LogP contribution is 2.23. The van der Waals surface area contributed by atoms with Crippen LogP contribution in [0.25, 0.3) is 10.8 Å². The molecule has 0 saturated carbocycles. The number of rotatable bonds is 2. The highest BCUT2D eigenvalue weighted by atomic mass is 32.2. The van der Waals surface area contributed by atoms with Gasteiger partial charge in [-0.3, -0.25) is 4.90 Å². The summed E-state index contributed by atoms with van der Waals surface area (Å²) < 4.78 is 22.9. The summed E-state index contributed by atoms with van der Waals surface area (Å²) in [6.45, 7) is 1.90. The second-order valence-corrected chi connectivity index (χ2v) is 7.63. The highest BCUT2D eigenvalue weighted by molar-refractivity contribution is 7.91. The van der Waals surface area contributed by atoms with Gasteiger partial charge >= 0.3 is 0 Å². The third-order valence-electron chi connectivity index (χ3n) is 3.84. The minimum Gasteiger partial charge on any atom is -0.398 e. The number of benzene rings is 2. The molecular formula is C15H18N2O2S. The van der Waals surface area contributed by atoms with Crippen molar-refractivity contribution in [1.82, 2.24) is 4.90 Å². The summed E-state index contributed by atoms with van der Waals surface area (Å²) in [5.41, 5.74) is 7.96. The minimum absolute atomic E-state index is 0.250. The van der Waals surface area contributed by atoms with Gasteiger partial charge in [0.2, 0.25) is 0 Å². The lowest BCUT2D eigenvalue weighted by atomic mass is 10.0. The standard InChI is InChI=1S/C15H18N2O2S/c16-15-10-13-4-2-1-3-12(13)9-14(15)11-17-5-7-20(18,19)8-6-17/h1-4,9-10H,5-8,11,16H2. The number of hydrogen-bond acceptors (Lipinski definition) is 4. The van der Waals surface area contributed by atoms with Crippen molar-refractivity contribution in [2.45, 2.75) is 6.54 Å². The van der Waals surface area contributed by atoms with Gasteiger partial charge in [-0.1, -0.05) is 24.3 Å². The van der Waals surface area contributed by atoms with Gasteiger partial charge in [-0.25, -0.2) is 8.42 Å². The van der Waals surface area contributed by atoms with Crippen LogP contribution in [0.4, 0.5) is 5.69 Å². The molecule has 0 aliphatic carbocycles. The molecule has 1 heterocycles. The van der Waals surface area contributed by atoms with E-state index in [-0.39, 0.29) is 11.5 Å². The SMILES string of the molecule is Nc1cc2ccccc2cc1CN1CCS(=O)(=O)CC1. The third-order valence-corrected chi connectivity index (χ3v) is 5.45. The van der Waals surface area contributed by atoms with Crippen LogP contribution in [0.2, 0.25) is 0 Å². The van der Waals surface area contributed by atoms with Gasteiger partial charge in [0.05, 0.1) is 11.5 Å². The zero-order valence-corrected chi connectivity index (χ0v) is 12.1. The second-order valence-electron chi connectivity index (χ2n) is 5.33. The minimum atomic E-state index is -2.83. The molecule has 1 aliphatic rings. The lowest BCUT2D eigenvalue weighted by molar-refractivity contribution is 0.288. The van der Waals surface area contributed by atoms with Crippen LogP contribution < -0.4 is 5.73 Å². The predicted octanol–water partition coefficient (Wildman–Crippen LogP) is 1.65. The van der Waals surface area contributed by atoms with Crippen LogP contribution in [-0.2, 0) is 16.4 Å². The molecule has 0 atom stereocenters. The molecule has 3 rings (SSSR count). The zero-order valence-electron chi connectivity index (χ0n) is 11.2. The molecule has 1 fully saturated rings. The summed E-state index contributed by atoms with van der Waals surface area (Å²) in [6.07, 6.45) is 0. The molecule has 5 heteroatoms. The molecular weight excluding hydrogens is 272 g/mol. The van der Waals surface area contributed by atoms with Gasteiger partial charge in [0.15, 0.2) is 9.84 Å². The second kappa shape index (κ2) is 5.07. The van der Waals surface area contributed by atoms with Crippen LogP contribution in [0.15, 0.2) is 36.4 Å². The Morgan fingerprint density at radius 3 is 2.30 bits per heavy atom. The van der Waals surface area contributed by atoms with Crippen molar-refractivity contribution in [3.8, 4) is 0 Å². The Kier molecular flexibility index (Phi) is 3.40. The number of sulfone groups is 1. The Hall–Kier alpha value is -1.59. The molecule has 2 N–H and O–H groups in total. The van der Waals surface area contributed by atoms with E-state index in [1.807, 2.05) is 24.3 Å². The van der Waals surface area contributed by atoms with Crippen LogP contribution in [0, 0.1) is 0 Å². The fourth-order valence-corrected chi connectivity index (χ4v) is 3.87. The van der Waals surface area contributed by atoms with Crippen molar-refractivity contribution < 1.29 is 8.42 Å². The van der Waals surface area contributed by atoms with E-state index in [4.69, 9.17) is 5.73 Å². The van der Waals surface area contributed by atoms with Gasteiger partial charge in [0.25, 0.3) is 0 Å². The Morgan fingerprint density at radius 2 is 1.65 bits per heavy atom. The number of nitrogen functional groups attached to an aromatic ring is 1. The summed E-state index contributed by atoms with van der Waals surface area (Å²) in [6, 6.07) is 12.2. The van der Waals surface area contributed by atoms with Gasteiger partial charge in [-0.15, -0.1) is 0 Å². The molecule has 0 unspecified atom stereocenters. The summed E-state index contributed by atoms with van der Waals surface area (Å²) in [5.74, 6) is 0.501. The van der Waals surface area contributed by atoms with Crippen LogP contribution in [0.3, 0.4) is 0 Å². The van der Waals surface area contributed by atoms with E-state index in [0.29, 0.717) is 19.6 Å².